The number of nitrogens with one attached hydrogen (secondary N) is 1. The lowest BCUT2D eigenvalue weighted by Crippen LogP contribution is -2.25. The highest BCUT2D eigenvalue weighted by Gasteiger charge is 2.20. The van der Waals surface area contributed by atoms with Crippen molar-refractivity contribution in [3.63, 3.8) is 0 Å². The van der Waals surface area contributed by atoms with Crippen LogP contribution in [0.15, 0.2) is 28.5 Å². The SMILES string of the molecule is CCc1ccsc1CNS(=O)(=O)c1c(C)cc(F)cc1C. The van der Waals surface area contributed by atoms with Crippen LogP contribution in [0.3, 0.4) is 0 Å². The zero-order valence-corrected chi connectivity index (χ0v) is 13.9. The Morgan fingerprint density at radius 1 is 1.24 bits per heavy atom. The van der Waals surface area contributed by atoms with Crippen molar-refractivity contribution in [1.29, 1.82) is 0 Å². The summed E-state index contributed by atoms with van der Waals surface area (Å²) in [4.78, 5) is 1.18. The van der Waals surface area contributed by atoms with Gasteiger partial charge in [0.1, 0.15) is 5.82 Å². The average Bonchev–Trinajstić information content (AvgIpc) is 2.82. The van der Waals surface area contributed by atoms with Gasteiger partial charge in [0, 0.05) is 11.4 Å². The topological polar surface area (TPSA) is 46.2 Å². The molecule has 0 aliphatic rings. The maximum absolute atomic E-state index is 13.3. The Morgan fingerprint density at radius 3 is 2.43 bits per heavy atom. The molecule has 0 bridgehead atoms. The van der Waals surface area contributed by atoms with Crippen molar-refractivity contribution in [3.8, 4) is 0 Å². The van der Waals surface area contributed by atoms with Gasteiger partial charge in [0.15, 0.2) is 0 Å². The van der Waals surface area contributed by atoms with Crippen LogP contribution in [0.2, 0.25) is 0 Å². The van der Waals surface area contributed by atoms with Gasteiger partial charge in [-0.2, -0.15) is 0 Å². The van der Waals surface area contributed by atoms with E-state index in [4.69, 9.17) is 0 Å². The fraction of sp³-hybridized carbons (Fsp3) is 0.333. The summed E-state index contributed by atoms with van der Waals surface area (Å²) in [5, 5.41) is 1.96. The van der Waals surface area contributed by atoms with Crippen molar-refractivity contribution in [2.24, 2.45) is 0 Å². The number of halogens is 1. The fourth-order valence-electron chi connectivity index (χ4n) is 2.39. The summed E-state index contributed by atoms with van der Waals surface area (Å²) in [6.07, 6.45) is 0.870. The molecule has 0 amide bonds. The second-order valence-corrected chi connectivity index (χ2v) is 7.62. The molecule has 0 radical (unpaired) electrons. The molecule has 114 valence electrons. The second-order valence-electron chi connectivity index (χ2n) is 4.92. The zero-order chi connectivity index (χ0) is 15.6. The Hall–Kier alpha value is -1.24. The Labute approximate surface area is 128 Å². The maximum atomic E-state index is 13.3. The third-order valence-corrected chi connectivity index (χ3v) is 6.00. The minimum atomic E-state index is -3.65. The van der Waals surface area contributed by atoms with Crippen LogP contribution < -0.4 is 4.72 Å². The molecular weight excluding hydrogens is 309 g/mol. The molecule has 0 spiro atoms. The Bertz CT molecular complexity index is 728. The summed E-state index contributed by atoms with van der Waals surface area (Å²) in [6, 6.07) is 4.48. The number of sulfonamides is 1. The van der Waals surface area contributed by atoms with Crippen LogP contribution >= 0.6 is 11.3 Å². The molecular formula is C15H18FNO2S2. The van der Waals surface area contributed by atoms with Crippen LogP contribution in [0.25, 0.3) is 0 Å². The van der Waals surface area contributed by atoms with E-state index in [1.807, 2.05) is 18.4 Å². The van der Waals surface area contributed by atoms with Crippen molar-refractivity contribution >= 4 is 21.4 Å². The molecule has 2 rings (SSSR count). The van der Waals surface area contributed by atoms with E-state index in [0.29, 0.717) is 11.1 Å². The van der Waals surface area contributed by atoms with Gasteiger partial charge in [-0.3, -0.25) is 0 Å². The Morgan fingerprint density at radius 2 is 1.86 bits per heavy atom. The van der Waals surface area contributed by atoms with E-state index in [2.05, 4.69) is 4.72 Å². The molecule has 1 aromatic heterocycles. The molecule has 0 fully saturated rings. The van der Waals surface area contributed by atoms with Gasteiger partial charge in [0.2, 0.25) is 10.0 Å². The summed E-state index contributed by atoms with van der Waals surface area (Å²) in [7, 11) is -3.65. The number of hydrogen-bond donors (Lipinski definition) is 1. The number of rotatable bonds is 5. The molecule has 0 saturated heterocycles. The van der Waals surface area contributed by atoms with E-state index in [-0.39, 0.29) is 11.4 Å². The molecule has 1 heterocycles. The third-order valence-electron chi connectivity index (χ3n) is 3.34. The number of aryl methyl sites for hydroxylation is 3. The summed E-state index contributed by atoms with van der Waals surface area (Å²) in [5.41, 5.74) is 1.99. The first kappa shape index (κ1) is 16.1. The van der Waals surface area contributed by atoms with E-state index in [0.717, 1.165) is 16.9 Å². The zero-order valence-electron chi connectivity index (χ0n) is 12.2. The van der Waals surface area contributed by atoms with E-state index < -0.39 is 15.8 Å². The molecule has 21 heavy (non-hydrogen) atoms. The standard InChI is InChI=1S/C15H18FNO2S2/c1-4-12-5-6-20-14(12)9-17-21(18,19)15-10(2)7-13(16)8-11(15)3/h5-8,17H,4,9H2,1-3H3. The van der Waals surface area contributed by atoms with Gasteiger partial charge >= 0.3 is 0 Å². The summed E-state index contributed by atoms with van der Waals surface area (Å²) in [6.45, 7) is 5.51. The molecule has 1 aromatic carbocycles. The van der Waals surface area contributed by atoms with Gasteiger partial charge in [-0.25, -0.2) is 17.5 Å². The predicted molar refractivity (Wildman–Crippen MR) is 83.6 cm³/mol. The van der Waals surface area contributed by atoms with E-state index in [1.54, 1.807) is 13.8 Å². The van der Waals surface area contributed by atoms with Crippen molar-refractivity contribution < 1.29 is 12.8 Å². The van der Waals surface area contributed by atoms with Crippen LogP contribution in [0.5, 0.6) is 0 Å². The summed E-state index contributed by atoms with van der Waals surface area (Å²) >= 11 is 1.53. The molecule has 0 saturated carbocycles. The monoisotopic (exact) mass is 327 g/mol. The minimum Gasteiger partial charge on any atom is -0.207 e. The number of benzene rings is 1. The summed E-state index contributed by atoms with van der Waals surface area (Å²) < 4.78 is 40.8. The molecule has 2 aromatic rings. The average molecular weight is 327 g/mol. The lowest BCUT2D eigenvalue weighted by molar-refractivity contribution is 0.578. The molecule has 3 nitrogen and oxygen atoms in total. The van der Waals surface area contributed by atoms with Crippen LogP contribution in [0, 0.1) is 19.7 Å². The molecule has 0 unspecified atom stereocenters. The van der Waals surface area contributed by atoms with E-state index in [9.17, 15) is 12.8 Å². The Balaban J connectivity index is 2.27. The first-order valence-corrected chi connectivity index (χ1v) is 9.03. The third kappa shape index (κ3) is 3.51. The second kappa shape index (κ2) is 6.25. The number of hydrogen-bond acceptors (Lipinski definition) is 3. The first-order chi connectivity index (χ1) is 9.85. The number of thiophene rings is 1. The van der Waals surface area contributed by atoms with Gasteiger partial charge in [-0.05, 0) is 60.5 Å². The van der Waals surface area contributed by atoms with Gasteiger partial charge in [0.05, 0.1) is 4.90 Å². The van der Waals surface area contributed by atoms with Gasteiger partial charge in [-0.15, -0.1) is 11.3 Å². The minimum absolute atomic E-state index is 0.165. The first-order valence-electron chi connectivity index (χ1n) is 6.66. The summed E-state index contributed by atoms with van der Waals surface area (Å²) in [5.74, 6) is -0.421. The molecule has 1 N–H and O–H groups in total. The normalized spacial score (nSPS) is 11.8. The van der Waals surface area contributed by atoms with E-state index in [1.165, 1.54) is 23.5 Å². The molecule has 0 aliphatic carbocycles. The highest BCUT2D eigenvalue weighted by Crippen LogP contribution is 2.23. The van der Waals surface area contributed by atoms with Crippen LogP contribution in [0.1, 0.15) is 28.5 Å². The van der Waals surface area contributed by atoms with Gasteiger partial charge in [-0.1, -0.05) is 6.92 Å². The van der Waals surface area contributed by atoms with Crippen molar-refractivity contribution in [2.45, 2.75) is 38.6 Å². The molecule has 0 aliphatic heterocycles. The smallest absolute Gasteiger partial charge is 0.207 e. The van der Waals surface area contributed by atoms with Crippen molar-refractivity contribution in [3.05, 3.63) is 51.0 Å². The fourth-order valence-corrected chi connectivity index (χ4v) is 4.84. The largest absolute Gasteiger partial charge is 0.241 e. The van der Waals surface area contributed by atoms with Crippen molar-refractivity contribution in [2.75, 3.05) is 0 Å². The van der Waals surface area contributed by atoms with Gasteiger partial charge < -0.3 is 0 Å². The molecule has 0 atom stereocenters. The van der Waals surface area contributed by atoms with Crippen LogP contribution in [-0.2, 0) is 23.0 Å². The quantitative estimate of drug-likeness (QED) is 0.913. The van der Waals surface area contributed by atoms with Crippen LogP contribution in [0.4, 0.5) is 4.39 Å². The predicted octanol–water partition coefficient (Wildman–Crippen LogP) is 3.54. The van der Waals surface area contributed by atoms with Gasteiger partial charge in [0.25, 0.3) is 0 Å². The Kier molecular flexibility index (Phi) is 4.81. The highest BCUT2D eigenvalue weighted by atomic mass is 32.2. The lowest BCUT2D eigenvalue weighted by Gasteiger charge is -2.12. The molecule has 6 heteroatoms. The van der Waals surface area contributed by atoms with Crippen molar-refractivity contribution in [1.82, 2.24) is 4.72 Å². The van der Waals surface area contributed by atoms with E-state index >= 15 is 0 Å². The lowest BCUT2D eigenvalue weighted by atomic mass is 10.1. The maximum Gasteiger partial charge on any atom is 0.241 e. The van der Waals surface area contributed by atoms with Crippen LogP contribution in [-0.4, -0.2) is 8.42 Å². The highest BCUT2D eigenvalue weighted by molar-refractivity contribution is 7.89.